The van der Waals surface area contributed by atoms with Crippen molar-refractivity contribution in [3.8, 4) is 5.75 Å². The van der Waals surface area contributed by atoms with Crippen LogP contribution in [0.3, 0.4) is 0 Å². The molecule has 7 heteroatoms. The molecular weight excluding hydrogens is 370 g/mol. The van der Waals surface area contributed by atoms with Gasteiger partial charge < -0.3 is 4.74 Å². The predicted molar refractivity (Wildman–Crippen MR) is 86.3 cm³/mol. The third kappa shape index (κ3) is 3.94. The number of halogens is 1. The van der Waals surface area contributed by atoms with Gasteiger partial charge in [-0.1, -0.05) is 34.1 Å². The van der Waals surface area contributed by atoms with Crippen LogP contribution in [-0.2, 0) is 16.6 Å². The van der Waals surface area contributed by atoms with E-state index < -0.39 is 10.0 Å². The lowest BCUT2D eigenvalue weighted by Gasteiger charge is -2.13. The highest BCUT2D eigenvalue weighted by atomic mass is 79.9. The van der Waals surface area contributed by atoms with Crippen LogP contribution in [0, 0.1) is 0 Å². The van der Waals surface area contributed by atoms with E-state index in [1.165, 1.54) is 25.1 Å². The van der Waals surface area contributed by atoms with Crippen molar-refractivity contribution in [2.75, 3.05) is 0 Å². The summed E-state index contributed by atoms with van der Waals surface area (Å²) in [5, 5.41) is 5.19. The molecule has 0 unspecified atom stereocenters. The molecule has 22 heavy (non-hydrogen) atoms. The molecule has 0 aliphatic heterocycles. The van der Waals surface area contributed by atoms with Crippen molar-refractivity contribution < 1.29 is 17.9 Å². The summed E-state index contributed by atoms with van der Waals surface area (Å²) in [6, 6.07) is 11.7. The van der Waals surface area contributed by atoms with E-state index in [4.69, 9.17) is 9.88 Å². The van der Waals surface area contributed by atoms with E-state index in [1.54, 1.807) is 0 Å². The zero-order valence-corrected chi connectivity index (χ0v) is 14.1. The molecule has 0 radical (unpaired) electrons. The quantitative estimate of drug-likeness (QED) is 0.804. The number of sulfonamides is 1. The summed E-state index contributed by atoms with van der Waals surface area (Å²) in [7, 11) is -3.99. The number of ether oxygens (including phenoxy) is 1. The summed E-state index contributed by atoms with van der Waals surface area (Å²) in [4.78, 5) is 11.5. The largest absolute Gasteiger partial charge is 0.487 e. The van der Waals surface area contributed by atoms with Crippen molar-refractivity contribution in [3.63, 3.8) is 0 Å². The van der Waals surface area contributed by atoms with Crippen LogP contribution in [0.25, 0.3) is 0 Å². The summed E-state index contributed by atoms with van der Waals surface area (Å²) in [6.45, 7) is 1.46. The van der Waals surface area contributed by atoms with Gasteiger partial charge in [0.25, 0.3) is 0 Å². The lowest BCUT2D eigenvalue weighted by Crippen LogP contribution is -2.15. The van der Waals surface area contributed by atoms with Crippen LogP contribution in [0.2, 0.25) is 0 Å². The molecule has 2 rings (SSSR count). The first-order chi connectivity index (χ1) is 10.3. The molecule has 0 bridgehead atoms. The SMILES string of the molecule is CC(=O)c1cccc(S(N)(=O)=O)c1OCc1cccc(Br)c1. The topological polar surface area (TPSA) is 86.5 Å². The molecule has 0 atom stereocenters. The summed E-state index contributed by atoms with van der Waals surface area (Å²) in [5.41, 5.74) is 1.01. The summed E-state index contributed by atoms with van der Waals surface area (Å²) in [6.07, 6.45) is 0. The Balaban J connectivity index is 2.42. The van der Waals surface area contributed by atoms with Crippen LogP contribution >= 0.6 is 15.9 Å². The van der Waals surface area contributed by atoms with E-state index >= 15 is 0 Å². The Bertz CT molecular complexity index is 818. The minimum atomic E-state index is -3.99. The van der Waals surface area contributed by atoms with Crippen molar-refractivity contribution >= 4 is 31.7 Å². The first-order valence-electron chi connectivity index (χ1n) is 6.33. The third-order valence-corrected chi connectivity index (χ3v) is 4.36. The van der Waals surface area contributed by atoms with E-state index in [9.17, 15) is 13.2 Å². The molecule has 0 spiro atoms. The predicted octanol–water partition coefficient (Wildman–Crippen LogP) is 2.88. The normalized spacial score (nSPS) is 11.2. The molecule has 116 valence electrons. The van der Waals surface area contributed by atoms with Crippen LogP contribution in [-0.4, -0.2) is 14.2 Å². The monoisotopic (exact) mass is 383 g/mol. The molecule has 2 aromatic carbocycles. The number of carbonyl (C=O) groups is 1. The molecule has 0 saturated heterocycles. The van der Waals surface area contributed by atoms with Crippen molar-refractivity contribution in [3.05, 3.63) is 58.1 Å². The molecule has 2 aromatic rings. The number of para-hydroxylation sites is 1. The first-order valence-corrected chi connectivity index (χ1v) is 8.67. The molecule has 0 fully saturated rings. The van der Waals surface area contributed by atoms with Gasteiger partial charge >= 0.3 is 0 Å². The van der Waals surface area contributed by atoms with Crippen molar-refractivity contribution in [1.82, 2.24) is 0 Å². The second-order valence-electron chi connectivity index (χ2n) is 4.65. The molecule has 2 N–H and O–H groups in total. The minimum absolute atomic E-state index is 0.0162. The fourth-order valence-electron chi connectivity index (χ4n) is 1.95. The maximum atomic E-state index is 11.7. The van der Waals surface area contributed by atoms with Gasteiger partial charge in [0.1, 0.15) is 11.5 Å². The number of primary sulfonamides is 1. The number of Topliss-reactive ketones (excluding diaryl/α,β-unsaturated/α-hetero) is 1. The lowest BCUT2D eigenvalue weighted by molar-refractivity contribution is 0.101. The fraction of sp³-hybridized carbons (Fsp3) is 0.133. The molecule has 0 aromatic heterocycles. The highest BCUT2D eigenvalue weighted by Crippen LogP contribution is 2.29. The van der Waals surface area contributed by atoms with Gasteiger partial charge in [-0.15, -0.1) is 0 Å². The van der Waals surface area contributed by atoms with E-state index in [0.717, 1.165) is 10.0 Å². The Labute approximate surface area is 137 Å². The van der Waals surface area contributed by atoms with Crippen LogP contribution in [0.5, 0.6) is 5.75 Å². The van der Waals surface area contributed by atoms with E-state index in [0.29, 0.717) is 0 Å². The zero-order valence-electron chi connectivity index (χ0n) is 11.7. The average Bonchev–Trinajstić information content (AvgIpc) is 2.43. The van der Waals surface area contributed by atoms with E-state index in [2.05, 4.69) is 15.9 Å². The first kappa shape index (κ1) is 16.7. The van der Waals surface area contributed by atoms with Gasteiger partial charge in [-0.2, -0.15) is 0 Å². The van der Waals surface area contributed by atoms with E-state index in [-0.39, 0.29) is 28.6 Å². The Hall–Kier alpha value is -1.70. The number of hydrogen-bond donors (Lipinski definition) is 1. The molecular formula is C15H14BrNO4S. The van der Waals surface area contributed by atoms with Crippen LogP contribution in [0.4, 0.5) is 0 Å². The number of rotatable bonds is 5. The highest BCUT2D eigenvalue weighted by molar-refractivity contribution is 9.10. The number of carbonyl (C=O) groups excluding carboxylic acids is 1. The number of benzene rings is 2. The van der Waals surface area contributed by atoms with Gasteiger partial charge in [0.05, 0.1) is 5.56 Å². The number of hydrogen-bond acceptors (Lipinski definition) is 4. The third-order valence-electron chi connectivity index (χ3n) is 2.94. The second-order valence-corrected chi connectivity index (χ2v) is 7.10. The summed E-state index contributed by atoms with van der Waals surface area (Å²) >= 11 is 3.35. The smallest absolute Gasteiger partial charge is 0.241 e. The van der Waals surface area contributed by atoms with Crippen LogP contribution < -0.4 is 9.88 Å². The Kier molecular flexibility index (Phi) is 5.00. The molecule has 0 heterocycles. The van der Waals surface area contributed by atoms with Crippen LogP contribution in [0.1, 0.15) is 22.8 Å². The number of ketones is 1. The summed E-state index contributed by atoms with van der Waals surface area (Å²) in [5.74, 6) is -0.313. The minimum Gasteiger partial charge on any atom is -0.487 e. The van der Waals surface area contributed by atoms with Crippen molar-refractivity contribution in [1.29, 1.82) is 0 Å². The number of nitrogens with two attached hydrogens (primary N) is 1. The van der Waals surface area contributed by atoms with Gasteiger partial charge in [0, 0.05) is 4.47 Å². The maximum Gasteiger partial charge on any atom is 0.241 e. The standard InChI is InChI=1S/C15H14BrNO4S/c1-10(18)13-6-3-7-14(22(17,19)20)15(13)21-9-11-4-2-5-12(16)8-11/h2-8H,9H2,1H3,(H2,17,19,20). The fourth-order valence-corrected chi connectivity index (χ4v) is 3.09. The second kappa shape index (κ2) is 6.60. The Morgan fingerprint density at radius 2 is 1.91 bits per heavy atom. The van der Waals surface area contributed by atoms with E-state index in [1.807, 2.05) is 24.3 Å². The van der Waals surface area contributed by atoms with Gasteiger partial charge in [0.2, 0.25) is 10.0 Å². The molecule has 0 aliphatic carbocycles. The van der Waals surface area contributed by atoms with Gasteiger partial charge in [-0.25, -0.2) is 13.6 Å². The molecule has 0 aliphatic rings. The molecule has 5 nitrogen and oxygen atoms in total. The average molecular weight is 384 g/mol. The maximum absolute atomic E-state index is 11.7. The molecule has 0 amide bonds. The Morgan fingerprint density at radius 3 is 2.50 bits per heavy atom. The highest BCUT2D eigenvalue weighted by Gasteiger charge is 2.20. The summed E-state index contributed by atoms with van der Waals surface area (Å²) < 4.78 is 29.8. The van der Waals surface area contributed by atoms with Crippen molar-refractivity contribution in [2.45, 2.75) is 18.4 Å². The van der Waals surface area contributed by atoms with Crippen molar-refractivity contribution in [2.24, 2.45) is 5.14 Å². The van der Waals surface area contributed by atoms with Crippen LogP contribution in [0.15, 0.2) is 51.8 Å². The van der Waals surface area contributed by atoms with Gasteiger partial charge in [-0.3, -0.25) is 4.79 Å². The van der Waals surface area contributed by atoms with Gasteiger partial charge in [-0.05, 0) is 36.8 Å². The zero-order chi connectivity index (χ0) is 16.3. The van der Waals surface area contributed by atoms with Gasteiger partial charge in [0.15, 0.2) is 11.5 Å². The lowest BCUT2D eigenvalue weighted by atomic mass is 10.1. The Morgan fingerprint density at radius 1 is 1.23 bits per heavy atom. The molecule has 0 saturated carbocycles.